The molecule has 28 heavy (non-hydrogen) atoms. The summed E-state index contributed by atoms with van der Waals surface area (Å²) in [5.74, 6) is 0.748. The zero-order valence-electron chi connectivity index (χ0n) is 18.8. The third-order valence-corrected chi connectivity index (χ3v) is 6.70. The summed E-state index contributed by atoms with van der Waals surface area (Å²) in [4.78, 5) is 4.27. The zero-order valence-corrected chi connectivity index (χ0v) is 19.7. The molecule has 166 valence electrons. The van der Waals surface area contributed by atoms with Crippen molar-refractivity contribution in [1.82, 2.24) is 9.80 Å². The van der Waals surface area contributed by atoms with E-state index in [1.807, 2.05) is 11.9 Å². The van der Waals surface area contributed by atoms with Crippen LogP contribution < -0.4 is 0 Å². The topological polar surface area (TPSA) is 54.4 Å². The van der Waals surface area contributed by atoms with Crippen molar-refractivity contribution in [3.05, 3.63) is 0 Å². The molecule has 1 aliphatic rings. The van der Waals surface area contributed by atoms with Gasteiger partial charge in [0.2, 0.25) is 5.96 Å². The fourth-order valence-electron chi connectivity index (χ4n) is 3.41. The summed E-state index contributed by atoms with van der Waals surface area (Å²) in [5.41, 5.74) is 0. The second-order valence-electron chi connectivity index (χ2n) is 7.83. The molecule has 1 fully saturated rings. The lowest BCUT2D eigenvalue weighted by Gasteiger charge is -2.22. The molecular formula is C21H44N3O3P. The Morgan fingerprint density at radius 3 is 2.04 bits per heavy atom. The van der Waals surface area contributed by atoms with Gasteiger partial charge < -0.3 is 9.80 Å². The number of nitrogens with zero attached hydrogens (tertiary/aromatic N) is 3. The molecule has 0 spiro atoms. The largest absolute Gasteiger partial charge is 0.456 e. The van der Waals surface area contributed by atoms with Gasteiger partial charge in [-0.1, -0.05) is 78.1 Å². The van der Waals surface area contributed by atoms with Crippen LogP contribution in [0.5, 0.6) is 0 Å². The van der Waals surface area contributed by atoms with E-state index >= 15 is 0 Å². The first kappa shape index (κ1) is 25.5. The van der Waals surface area contributed by atoms with Crippen LogP contribution in [-0.2, 0) is 13.6 Å². The number of unbranched alkanes of at least 4 members (excludes halogenated alkanes) is 10. The summed E-state index contributed by atoms with van der Waals surface area (Å²) in [7, 11) is -0.0105. The van der Waals surface area contributed by atoms with Crippen LogP contribution in [-0.4, -0.2) is 56.2 Å². The van der Waals surface area contributed by atoms with Crippen LogP contribution >= 0.6 is 7.75 Å². The molecule has 1 heterocycles. The first-order chi connectivity index (χ1) is 13.6. The van der Waals surface area contributed by atoms with E-state index in [0.29, 0.717) is 6.61 Å². The third kappa shape index (κ3) is 10.3. The molecule has 0 amide bonds. The normalized spacial score (nSPS) is 18.2. The van der Waals surface area contributed by atoms with Crippen molar-refractivity contribution in [1.29, 1.82) is 0 Å². The highest BCUT2D eigenvalue weighted by molar-refractivity contribution is 7.52. The van der Waals surface area contributed by atoms with E-state index in [4.69, 9.17) is 9.05 Å². The number of likely N-dealkylation sites (N-methyl/N-ethyl adjacent to an activating group) is 1. The molecule has 1 atom stereocenters. The summed E-state index contributed by atoms with van der Waals surface area (Å²) >= 11 is 0. The van der Waals surface area contributed by atoms with E-state index in [2.05, 4.69) is 23.5 Å². The van der Waals surface area contributed by atoms with Crippen molar-refractivity contribution >= 4 is 13.7 Å². The van der Waals surface area contributed by atoms with Crippen LogP contribution in [0.15, 0.2) is 4.76 Å². The molecule has 0 radical (unpaired) electrons. The van der Waals surface area contributed by atoms with Gasteiger partial charge >= 0.3 is 7.75 Å². The Hall–Kier alpha value is -0.580. The van der Waals surface area contributed by atoms with E-state index in [-0.39, 0.29) is 0 Å². The smallest absolute Gasteiger partial charge is 0.344 e. The lowest BCUT2D eigenvalue weighted by molar-refractivity contribution is 0.230. The predicted molar refractivity (Wildman–Crippen MR) is 119 cm³/mol. The van der Waals surface area contributed by atoms with Crippen molar-refractivity contribution in [3.63, 3.8) is 0 Å². The molecule has 0 aromatic rings. The van der Waals surface area contributed by atoms with Gasteiger partial charge in [-0.05, 0) is 12.8 Å². The van der Waals surface area contributed by atoms with Gasteiger partial charge in [0.1, 0.15) is 0 Å². The van der Waals surface area contributed by atoms with Gasteiger partial charge in [0.15, 0.2) is 0 Å². The SMILES string of the molecule is CCCCCCCCCCCCN1CCN(C)C1=NP(=O)(OC)OCCCC. The Bertz CT molecular complexity index is 474. The fraction of sp³-hybridized carbons (Fsp3) is 0.952. The molecule has 0 N–H and O–H groups in total. The van der Waals surface area contributed by atoms with E-state index in [0.717, 1.165) is 44.9 Å². The molecular weight excluding hydrogens is 373 g/mol. The van der Waals surface area contributed by atoms with Crippen molar-refractivity contribution in [3.8, 4) is 0 Å². The number of hydrogen-bond acceptors (Lipinski definition) is 3. The lowest BCUT2D eigenvalue weighted by Crippen LogP contribution is -2.32. The van der Waals surface area contributed by atoms with Gasteiger partial charge in [0, 0.05) is 33.8 Å². The van der Waals surface area contributed by atoms with Crippen molar-refractivity contribution in [2.75, 3.05) is 40.4 Å². The molecule has 0 bridgehead atoms. The van der Waals surface area contributed by atoms with Gasteiger partial charge in [-0.15, -0.1) is 4.76 Å². The predicted octanol–water partition coefficient (Wildman–Crippen LogP) is 6.08. The third-order valence-electron chi connectivity index (χ3n) is 5.31. The molecule has 1 unspecified atom stereocenters. The van der Waals surface area contributed by atoms with Crippen molar-refractivity contribution in [2.24, 2.45) is 4.76 Å². The van der Waals surface area contributed by atoms with Gasteiger partial charge in [0.05, 0.1) is 6.61 Å². The maximum atomic E-state index is 12.8. The Balaban J connectivity index is 2.33. The van der Waals surface area contributed by atoms with E-state index < -0.39 is 7.75 Å². The van der Waals surface area contributed by atoms with Gasteiger partial charge in [-0.2, -0.15) is 0 Å². The summed E-state index contributed by atoms with van der Waals surface area (Å²) in [6.45, 7) is 7.54. The number of rotatable bonds is 17. The fourth-order valence-corrected chi connectivity index (χ4v) is 4.51. The van der Waals surface area contributed by atoms with Crippen LogP contribution in [0, 0.1) is 0 Å². The highest BCUT2D eigenvalue weighted by Gasteiger charge is 2.30. The summed E-state index contributed by atoms with van der Waals surface area (Å²) in [6, 6.07) is 0. The molecule has 0 saturated carbocycles. The number of hydrogen-bond donors (Lipinski definition) is 0. The van der Waals surface area contributed by atoms with Gasteiger partial charge in [-0.3, -0.25) is 9.05 Å². The van der Waals surface area contributed by atoms with E-state index in [1.54, 1.807) is 0 Å². The minimum atomic E-state index is -3.42. The highest BCUT2D eigenvalue weighted by Crippen LogP contribution is 2.49. The first-order valence-electron chi connectivity index (χ1n) is 11.4. The average Bonchev–Trinajstić information content (AvgIpc) is 3.03. The van der Waals surface area contributed by atoms with Crippen molar-refractivity contribution in [2.45, 2.75) is 90.9 Å². The second-order valence-corrected chi connectivity index (χ2v) is 9.59. The summed E-state index contributed by atoms with van der Waals surface area (Å²) in [5, 5.41) is 0. The quantitative estimate of drug-likeness (QED) is 0.212. The monoisotopic (exact) mass is 417 g/mol. The maximum absolute atomic E-state index is 12.8. The lowest BCUT2D eigenvalue weighted by atomic mass is 10.1. The zero-order chi connectivity index (χ0) is 20.7. The van der Waals surface area contributed by atoms with Crippen LogP contribution in [0.1, 0.15) is 90.9 Å². The molecule has 1 saturated heterocycles. The summed E-state index contributed by atoms with van der Waals surface area (Å²) in [6.07, 6.45) is 15.2. The van der Waals surface area contributed by atoms with Gasteiger partial charge in [-0.25, -0.2) is 4.57 Å². The first-order valence-corrected chi connectivity index (χ1v) is 12.9. The Labute approximate surface area is 173 Å². The van der Waals surface area contributed by atoms with E-state index in [1.165, 1.54) is 64.9 Å². The molecule has 0 aliphatic carbocycles. The average molecular weight is 418 g/mol. The molecule has 1 aliphatic heterocycles. The Kier molecular flexibility index (Phi) is 13.9. The number of guanidine groups is 1. The Morgan fingerprint density at radius 2 is 1.46 bits per heavy atom. The van der Waals surface area contributed by atoms with Gasteiger partial charge in [0.25, 0.3) is 0 Å². The molecule has 1 rings (SSSR count). The molecule has 6 nitrogen and oxygen atoms in total. The highest BCUT2D eigenvalue weighted by atomic mass is 31.2. The minimum absolute atomic E-state index is 0.417. The Morgan fingerprint density at radius 1 is 0.893 bits per heavy atom. The standard InChI is InChI=1S/C21H44N3O3P/c1-5-7-9-10-11-12-13-14-15-16-17-24-19-18-23(3)21(24)22-28(25,26-4)27-20-8-6-2/h5-20H2,1-4H3. The maximum Gasteiger partial charge on any atom is 0.456 e. The second kappa shape index (κ2) is 15.3. The van der Waals surface area contributed by atoms with Crippen LogP contribution in [0.3, 0.4) is 0 Å². The van der Waals surface area contributed by atoms with E-state index in [9.17, 15) is 4.57 Å². The minimum Gasteiger partial charge on any atom is -0.344 e. The summed E-state index contributed by atoms with van der Waals surface area (Å²) < 4.78 is 27.8. The van der Waals surface area contributed by atoms with Crippen molar-refractivity contribution < 1.29 is 13.6 Å². The molecule has 7 heteroatoms. The van der Waals surface area contributed by atoms with Crippen LogP contribution in [0.4, 0.5) is 0 Å². The molecule has 0 aromatic heterocycles. The molecule has 0 aromatic carbocycles. The van der Waals surface area contributed by atoms with Crippen LogP contribution in [0.2, 0.25) is 0 Å². The van der Waals surface area contributed by atoms with Crippen LogP contribution in [0.25, 0.3) is 0 Å².